The van der Waals surface area contributed by atoms with Gasteiger partial charge in [0.25, 0.3) is 5.56 Å². The van der Waals surface area contributed by atoms with E-state index in [2.05, 4.69) is 10.2 Å². The minimum atomic E-state index is -0.177. The Morgan fingerprint density at radius 1 is 0.914 bits per heavy atom. The van der Waals surface area contributed by atoms with E-state index in [1.54, 1.807) is 18.8 Å². The molecule has 0 aliphatic carbocycles. The predicted octanol–water partition coefficient (Wildman–Crippen LogP) is 4.53. The van der Waals surface area contributed by atoms with Gasteiger partial charge in [-0.1, -0.05) is 30.0 Å². The minimum Gasteiger partial charge on any atom is -0.497 e. The highest BCUT2D eigenvalue weighted by molar-refractivity contribution is 7.99. The van der Waals surface area contributed by atoms with Crippen molar-refractivity contribution in [2.45, 2.75) is 12.1 Å². The van der Waals surface area contributed by atoms with Gasteiger partial charge in [0.05, 0.1) is 37.4 Å². The molecule has 9 heteroatoms. The van der Waals surface area contributed by atoms with Crippen molar-refractivity contribution in [2.75, 3.05) is 26.6 Å². The summed E-state index contributed by atoms with van der Waals surface area (Å²) in [6, 6.07) is 20.7. The van der Waals surface area contributed by atoms with E-state index in [4.69, 9.17) is 14.2 Å². The molecule has 0 atom stereocenters. The maximum atomic E-state index is 13.6. The standard InChI is InChI=1S/C26H24N4O4S/c1-17-8-13-23(33-3)22(16-17)29-24(31)20-6-4-5-7-21(20)30-25(29)27-28-26(30)35-15-14-34-19-11-9-18(32-2)10-12-19/h4-13,16H,14-15H2,1-3H3. The third kappa shape index (κ3) is 4.30. The maximum Gasteiger partial charge on any atom is 0.267 e. The van der Waals surface area contributed by atoms with Crippen molar-refractivity contribution in [2.24, 2.45) is 0 Å². The lowest BCUT2D eigenvalue weighted by atomic mass is 10.2. The Morgan fingerprint density at radius 2 is 1.69 bits per heavy atom. The zero-order valence-electron chi connectivity index (χ0n) is 19.6. The quantitative estimate of drug-likeness (QED) is 0.235. The summed E-state index contributed by atoms with van der Waals surface area (Å²) in [7, 11) is 3.22. The van der Waals surface area contributed by atoms with Crippen LogP contribution in [0.2, 0.25) is 0 Å². The molecular formula is C26H24N4O4S. The van der Waals surface area contributed by atoms with Crippen LogP contribution >= 0.6 is 11.8 Å². The van der Waals surface area contributed by atoms with Crippen LogP contribution in [0.25, 0.3) is 22.4 Å². The van der Waals surface area contributed by atoms with Crippen LogP contribution in [0.3, 0.4) is 0 Å². The molecule has 2 aromatic heterocycles. The Bertz CT molecular complexity index is 1560. The van der Waals surface area contributed by atoms with Crippen LogP contribution in [0, 0.1) is 6.92 Å². The van der Waals surface area contributed by atoms with Crippen LogP contribution in [-0.4, -0.2) is 45.7 Å². The average molecular weight is 489 g/mol. The second-order valence-electron chi connectivity index (χ2n) is 7.82. The largest absolute Gasteiger partial charge is 0.497 e. The van der Waals surface area contributed by atoms with E-state index in [1.165, 1.54) is 11.8 Å². The molecule has 0 radical (unpaired) electrons. The molecule has 0 N–H and O–H groups in total. The first-order valence-corrected chi connectivity index (χ1v) is 12.0. The van der Waals surface area contributed by atoms with Crippen molar-refractivity contribution in [3.63, 3.8) is 0 Å². The van der Waals surface area contributed by atoms with Crippen molar-refractivity contribution >= 4 is 28.4 Å². The molecule has 35 heavy (non-hydrogen) atoms. The fourth-order valence-electron chi connectivity index (χ4n) is 3.93. The molecular weight excluding hydrogens is 464 g/mol. The monoisotopic (exact) mass is 488 g/mol. The highest BCUT2D eigenvalue weighted by Crippen LogP contribution is 2.28. The number of rotatable bonds is 8. The molecule has 5 rings (SSSR count). The highest BCUT2D eigenvalue weighted by atomic mass is 32.2. The van der Waals surface area contributed by atoms with Gasteiger partial charge in [0.1, 0.15) is 17.2 Å². The van der Waals surface area contributed by atoms with Gasteiger partial charge in [-0.25, -0.2) is 4.57 Å². The maximum absolute atomic E-state index is 13.6. The van der Waals surface area contributed by atoms with Crippen molar-refractivity contribution in [3.8, 4) is 22.9 Å². The first-order chi connectivity index (χ1) is 17.1. The summed E-state index contributed by atoms with van der Waals surface area (Å²) in [5.74, 6) is 3.21. The van der Waals surface area contributed by atoms with Crippen LogP contribution in [0.5, 0.6) is 17.2 Å². The lowest BCUT2D eigenvalue weighted by molar-refractivity contribution is 0.342. The zero-order chi connectivity index (χ0) is 24.4. The van der Waals surface area contributed by atoms with Gasteiger partial charge < -0.3 is 14.2 Å². The first kappa shape index (κ1) is 22.8. The third-order valence-corrected chi connectivity index (χ3v) is 6.51. The Kier molecular flexibility index (Phi) is 6.33. The van der Waals surface area contributed by atoms with E-state index in [-0.39, 0.29) is 5.56 Å². The molecule has 0 bridgehead atoms. The number of ether oxygens (including phenoxy) is 3. The normalized spacial score (nSPS) is 11.2. The molecule has 8 nitrogen and oxygen atoms in total. The lowest BCUT2D eigenvalue weighted by Gasteiger charge is -2.14. The second kappa shape index (κ2) is 9.71. The molecule has 5 aromatic rings. The van der Waals surface area contributed by atoms with E-state index < -0.39 is 0 Å². The molecule has 0 saturated carbocycles. The van der Waals surface area contributed by atoms with E-state index in [0.29, 0.717) is 40.1 Å². The van der Waals surface area contributed by atoms with Crippen LogP contribution in [0.4, 0.5) is 0 Å². The zero-order valence-corrected chi connectivity index (χ0v) is 20.4. The molecule has 0 fully saturated rings. The molecule has 0 aliphatic rings. The van der Waals surface area contributed by atoms with Gasteiger partial charge in [0, 0.05) is 5.75 Å². The number of fused-ring (bicyclic) bond motifs is 3. The Labute approximate surface area is 206 Å². The Balaban J connectivity index is 1.52. The fourth-order valence-corrected chi connectivity index (χ4v) is 4.69. The number of para-hydroxylation sites is 1. The number of hydrogen-bond donors (Lipinski definition) is 0. The SMILES string of the molecule is COc1ccc(OCCSc2nnc3n(-c4cc(C)ccc4OC)c(=O)c4ccccc4n23)cc1. The number of hydrogen-bond acceptors (Lipinski definition) is 7. The van der Waals surface area contributed by atoms with Gasteiger partial charge >= 0.3 is 0 Å². The number of aryl methyl sites for hydroxylation is 1. The number of thioether (sulfide) groups is 1. The van der Waals surface area contributed by atoms with Crippen LogP contribution in [0.1, 0.15) is 5.56 Å². The van der Waals surface area contributed by atoms with Crippen LogP contribution in [-0.2, 0) is 0 Å². The molecule has 0 spiro atoms. The Morgan fingerprint density at radius 3 is 2.46 bits per heavy atom. The molecule has 0 saturated heterocycles. The van der Waals surface area contributed by atoms with Gasteiger partial charge in [0.15, 0.2) is 5.16 Å². The van der Waals surface area contributed by atoms with Gasteiger partial charge in [0.2, 0.25) is 5.78 Å². The van der Waals surface area contributed by atoms with Crippen molar-refractivity contribution in [1.29, 1.82) is 0 Å². The summed E-state index contributed by atoms with van der Waals surface area (Å²) in [5, 5.41) is 10.1. The summed E-state index contributed by atoms with van der Waals surface area (Å²) < 4.78 is 20.1. The third-order valence-electron chi connectivity index (χ3n) is 5.61. The molecule has 178 valence electrons. The van der Waals surface area contributed by atoms with Gasteiger partial charge in [-0.3, -0.25) is 9.20 Å². The van der Waals surface area contributed by atoms with Gasteiger partial charge in [-0.2, -0.15) is 0 Å². The van der Waals surface area contributed by atoms with Crippen molar-refractivity contribution in [3.05, 3.63) is 82.6 Å². The number of aromatic nitrogens is 4. The molecule has 0 unspecified atom stereocenters. The van der Waals surface area contributed by atoms with E-state index >= 15 is 0 Å². The van der Waals surface area contributed by atoms with E-state index in [0.717, 1.165) is 22.6 Å². The molecule has 0 aliphatic heterocycles. The summed E-state index contributed by atoms with van der Waals surface area (Å²) in [6.07, 6.45) is 0. The van der Waals surface area contributed by atoms with Crippen LogP contribution < -0.4 is 19.8 Å². The average Bonchev–Trinajstić information content (AvgIpc) is 3.31. The molecule has 3 aromatic carbocycles. The molecule has 2 heterocycles. The minimum absolute atomic E-state index is 0.177. The van der Waals surface area contributed by atoms with Crippen molar-refractivity contribution in [1.82, 2.24) is 19.2 Å². The topological polar surface area (TPSA) is 79.9 Å². The fraction of sp³-hybridized carbons (Fsp3) is 0.192. The Hall–Kier alpha value is -3.98. The number of benzene rings is 3. The summed E-state index contributed by atoms with van der Waals surface area (Å²) in [4.78, 5) is 13.6. The summed E-state index contributed by atoms with van der Waals surface area (Å²) in [5.41, 5.74) is 2.20. The summed E-state index contributed by atoms with van der Waals surface area (Å²) in [6.45, 7) is 2.45. The number of nitrogens with zero attached hydrogens (tertiary/aromatic N) is 4. The van der Waals surface area contributed by atoms with Crippen molar-refractivity contribution < 1.29 is 14.2 Å². The first-order valence-electron chi connectivity index (χ1n) is 11.0. The smallest absolute Gasteiger partial charge is 0.267 e. The van der Waals surface area contributed by atoms with E-state index in [1.807, 2.05) is 78.1 Å². The van der Waals surface area contributed by atoms with E-state index in [9.17, 15) is 4.79 Å². The van der Waals surface area contributed by atoms with Gasteiger partial charge in [-0.05, 0) is 61.0 Å². The number of methoxy groups -OCH3 is 2. The van der Waals surface area contributed by atoms with Gasteiger partial charge in [-0.15, -0.1) is 10.2 Å². The lowest BCUT2D eigenvalue weighted by Crippen LogP contribution is -2.22. The highest BCUT2D eigenvalue weighted by Gasteiger charge is 2.20. The molecule has 0 amide bonds. The predicted molar refractivity (Wildman–Crippen MR) is 137 cm³/mol. The summed E-state index contributed by atoms with van der Waals surface area (Å²) >= 11 is 1.51. The van der Waals surface area contributed by atoms with Crippen LogP contribution in [0.15, 0.2) is 76.7 Å². The second-order valence-corrected chi connectivity index (χ2v) is 8.89.